The van der Waals surface area contributed by atoms with Crippen LogP contribution in [0.5, 0.6) is 5.75 Å². The van der Waals surface area contributed by atoms with E-state index in [0.717, 1.165) is 25.0 Å². The van der Waals surface area contributed by atoms with Gasteiger partial charge in [0.15, 0.2) is 0 Å². The highest BCUT2D eigenvalue weighted by Crippen LogP contribution is 2.24. The summed E-state index contributed by atoms with van der Waals surface area (Å²) in [6.07, 6.45) is -1.43. The van der Waals surface area contributed by atoms with E-state index in [-0.39, 0.29) is 17.4 Å². The highest BCUT2D eigenvalue weighted by molar-refractivity contribution is 6.05. The lowest BCUT2D eigenvalue weighted by Crippen LogP contribution is -2.32. The van der Waals surface area contributed by atoms with Crippen molar-refractivity contribution in [3.05, 3.63) is 58.0 Å². The molecule has 1 saturated heterocycles. The molecule has 1 fully saturated rings. The van der Waals surface area contributed by atoms with Gasteiger partial charge in [0, 0.05) is 18.5 Å². The predicted molar refractivity (Wildman–Crippen MR) is 95.5 cm³/mol. The summed E-state index contributed by atoms with van der Waals surface area (Å²) in [7, 11) is 0. The Morgan fingerprint density at radius 1 is 1.29 bits per heavy atom. The first-order valence-corrected chi connectivity index (χ1v) is 8.72. The van der Waals surface area contributed by atoms with E-state index >= 15 is 0 Å². The van der Waals surface area contributed by atoms with Gasteiger partial charge in [-0.05, 0) is 55.7 Å². The van der Waals surface area contributed by atoms with Crippen LogP contribution in [-0.2, 0) is 11.3 Å². The maximum Gasteiger partial charge on any atom is 0.573 e. The van der Waals surface area contributed by atoms with Crippen molar-refractivity contribution in [1.29, 1.82) is 0 Å². The number of aryl methyl sites for hydroxylation is 1. The van der Waals surface area contributed by atoms with Gasteiger partial charge in [-0.2, -0.15) is 0 Å². The normalized spacial score (nSPS) is 16.8. The van der Waals surface area contributed by atoms with Crippen molar-refractivity contribution in [1.82, 2.24) is 4.57 Å². The Hall–Kier alpha value is -2.81. The van der Waals surface area contributed by atoms with Gasteiger partial charge in [0.25, 0.3) is 11.5 Å². The Kier molecular flexibility index (Phi) is 5.73. The summed E-state index contributed by atoms with van der Waals surface area (Å²) in [6, 6.07) is 6.36. The molecule has 150 valence electrons. The van der Waals surface area contributed by atoms with Crippen LogP contribution in [0.4, 0.5) is 18.9 Å². The molecule has 1 amide bonds. The number of rotatable bonds is 5. The van der Waals surface area contributed by atoms with E-state index in [1.54, 1.807) is 19.2 Å². The fourth-order valence-electron chi connectivity index (χ4n) is 3.03. The lowest BCUT2D eigenvalue weighted by Gasteiger charge is -2.14. The van der Waals surface area contributed by atoms with E-state index in [2.05, 4.69) is 10.1 Å². The van der Waals surface area contributed by atoms with E-state index in [1.807, 2.05) is 0 Å². The minimum Gasteiger partial charge on any atom is -0.406 e. The first kappa shape index (κ1) is 19.9. The number of nitrogens with zero attached hydrogens (tertiary/aromatic N) is 1. The summed E-state index contributed by atoms with van der Waals surface area (Å²) >= 11 is 0. The van der Waals surface area contributed by atoms with Gasteiger partial charge in [-0.3, -0.25) is 9.59 Å². The summed E-state index contributed by atoms with van der Waals surface area (Å²) < 4.78 is 47.4. The average Bonchev–Trinajstić information content (AvgIpc) is 3.11. The number of hydrogen-bond acceptors (Lipinski definition) is 4. The second-order valence-corrected chi connectivity index (χ2v) is 6.49. The van der Waals surface area contributed by atoms with Gasteiger partial charge in [0.05, 0.1) is 12.6 Å². The third-order valence-electron chi connectivity index (χ3n) is 4.37. The zero-order chi connectivity index (χ0) is 20.3. The fourth-order valence-corrected chi connectivity index (χ4v) is 3.03. The molecular formula is C19H19F3N2O4. The van der Waals surface area contributed by atoms with Crippen LogP contribution in [0, 0.1) is 6.92 Å². The molecule has 1 aliphatic rings. The largest absolute Gasteiger partial charge is 0.573 e. The maximum absolute atomic E-state index is 12.7. The number of pyridine rings is 1. The van der Waals surface area contributed by atoms with Crippen LogP contribution in [0.25, 0.3) is 0 Å². The van der Waals surface area contributed by atoms with Crippen LogP contribution in [0.15, 0.2) is 41.3 Å². The van der Waals surface area contributed by atoms with Gasteiger partial charge in [0.2, 0.25) is 0 Å². The molecule has 28 heavy (non-hydrogen) atoms. The first-order valence-electron chi connectivity index (χ1n) is 8.72. The molecule has 1 aromatic carbocycles. The number of nitrogens with one attached hydrogen (secondary N) is 1. The van der Waals surface area contributed by atoms with Gasteiger partial charge in [-0.1, -0.05) is 0 Å². The molecule has 0 spiro atoms. The van der Waals surface area contributed by atoms with Crippen LogP contribution in [0.2, 0.25) is 0 Å². The summed E-state index contributed by atoms with van der Waals surface area (Å²) in [5, 5.41) is 2.53. The third kappa shape index (κ3) is 4.92. The molecule has 0 radical (unpaired) electrons. The highest BCUT2D eigenvalue weighted by atomic mass is 19.4. The standard InChI is InChI=1S/C19H19F3N2O4/c1-12-8-9-24(11-15-3-2-10-27-15)18(26)16(12)17(25)23-13-4-6-14(7-5-13)28-19(20,21)22/h4-9,15H,2-3,10-11H2,1H3,(H,23,25). The molecule has 2 aromatic rings. The third-order valence-corrected chi connectivity index (χ3v) is 4.37. The topological polar surface area (TPSA) is 69.6 Å². The zero-order valence-corrected chi connectivity index (χ0v) is 15.1. The van der Waals surface area contributed by atoms with Crippen molar-refractivity contribution in [3.63, 3.8) is 0 Å². The van der Waals surface area contributed by atoms with Crippen LogP contribution < -0.4 is 15.6 Å². The van der Waals surface area contributed by atoms with Gasteiger partial charge < -0.3 is 19.4 Å². The number of amides is 1. The van der Waals surface area contributed by atoms with Crippen LogP contribution >= 0.6 is 0 Å². The number of halogens is 3. The monoisotopic (exact) mass is 396 g/mol. The smallest absolute Gasteiger partial charge is 0.406 e. The molecule has 0 aliphatic carbocycles. The number of benzene rings is 1. The molecule has 1 atom stereocenters. The van der Waals surface area contributed by atoms with Crippen LogP contribution in [0.1, 0.15) is 28.8 Å². The Morgan fingerprint density at radius 2 is 2.00 bits per heavy atom. The molecule has 0 bridgehead atoms. The minimum atomic E-state index is -4.79. The minimum absolute atomic E-state index is 0.0175. The van der Waals surface area contributed by atoms with Crippen LogP contribution in [-0.4, -0.2) is 29.5 Å². The van der Waals surface area contributed by atoms with E-state index < -0.39 is 23.6 Å². The Labute approximate surface area is 158 Å². The van der Waals surface area contributed by atoms with E-state index in [0.29, 0.717) is 18.7 Å². The Morgan fingerprint density at radius 3 is 2.61 bits per heavy atom. The molecule has 2 heterocycles. The molecule has 9 heteroatoms. The lowest BCUT2D eigenvalue weighted by atomic mass is 10.1. The van der Waals surface area contributed by atoms with Crippen molar-refractivity contribution in [3.8, 4) is 5.75 Å². The van der Waals surface area contributed by atoms with Crippen molar-refractivity contribution < 1.29 is 27.4 Å². The number of aromatic nitrogens is 1. The predicted octanol–water partition coefficient (Wildman–Crippen LogP) is 3.49. The first-order chi connectivity index (χ1) is 13.2. The summed E-state index contributed by atoms with van der Waals surface area (Å²) in [4.78, 5) is 25.3. The van der Waals surface area contributed by atoms with Crippen molar-refractivity contribution in [2.24, 2.45) is 0 Å². The molecule has 6 nitrogen and oxygen atoms in total. The SMILES string of the molecule is Cc1ccn(CC2CCCO2)c(=O)c1C(=O)Nc1ccc(OC(F)(F)F)cc1. The molecule has 3 rings (SSSR count). The van der Waals surface area contributed by atoms with Gasteiger partial charge in [-0.25, -0.2) is 0 Å². The number of carbonyl (C=O) groups excluding carboxylic acids is 1. The Balaban J connectivity index is 1.75. The molecule has 0 saturated carbocycles. The quantitative estimate of drug-likeness (QED) is 0.840. The second-order valence-electron chi connectivity index (χ2n) is 6.49. The molecule has 1 N–H and O–H groups in total. The number of carbonyl (C=O) groups is 1. The van der Waals surface area contributed by atoms with Gasteiger partial charge in [0.1, 0.15) is 11.3 Å². The zero-order valence-electron chi connectivity index (χ0n) is 15.1. The Bertz CT molecular complexity index is 901. The van der Waals surface area contributed by atoms with E-state index in [4.69, 9.17) is 4.74 Å². The van der Waals surface area contributed by atoms with Crippen molar-refractivity contribution in [2.75, 3.05) is 11.9 Å². The van der Waals surface area contributed by atoms with Crippen molar-refractivity contribution in [2.45, 2.75) is 38.8 Å². The van der Waals surface area contributed by atoms with Gasteiger partial charge in [-0.15, -0.1) is 13.2 Å². The van der Waals surface area contributed by atoms with Crippen molar-refractivity contribution >= 4 is 11.6 Å². The highest BCUT2D eigenvalue weighted by Gasteiger charge is 2.31. The number of anilines is 1. The number of hydrogen-bond donors (Lipinski definition) is 1. The average molecular weight is 396 g/mol. The summed E-state index contributed by atoms with van der Waals surface area (Å²) in [5.74, 6) is -1.03. The maximum atomic E-state index is 12.7. The molecule has 1 aliphatic heterocycles. The molecule has 1 unspecified atom stereocenters. The fraction of sp³-hybridized carbons (Fsp3) is 0.368. The van der Waals surface area contributed by atoms with Crippen LogP contribution in [0.3, 0.4) is 0 Å². The second kappa shape index (κ2) is 8.05. The lowest BCUT2D eigenvalue weighted by molar-refractivity contribution is -0.274. The summed E-state index contributed by atoms with van der Waals surface area (Å²) in [5.41, 5.74) is 0.289. The number of ether oxygens (including phenoxy) is 2. The molecule has 1 aromatic heterocycles. The van der Waals surface area contributed by atoms with E-state index in [9.17, 15) is 22.8 Å². The summed E-state index contributed by atoms with van der Waals surface area (Å²) in [6.45, 7) is 2.67. The number of alkyl halides is 3. The molecular weight excluding hydrogens is 377 g/mol. The van der Waals surface area contributed by atoms with Gasteiger partial charge >= 0.3 is 6.36 Å². The van der Waals surface area contributed by atoms with E-state index in [1.165, 1.54) is 16.7 Å².